The first kappa shape index (κ1) is 13.5. The molecule has 1 heterocycles. The Balaban J connectivity index is 0.000000292. The van der Waals surface area contributed by atoms with E-state index in [1.165, 1.54) is 5.82 Å². The lowest BCUT2D eigenvalue weighted by Crippen LogP contribution is -2.33. The third-order valence-electron chi connectivity index (χ3n) is 1.74. The second-order valence-electron chi connectivity index (χ2n) is 2.74. The molecule has 0 spiro atoms. The van der Waals surface area contributed by atoms with Gasteiger partial charge in [-0.15, -0.1) is 0 Å². The first-order chi connectivity index (χ1) is 6.25. The van der Waals surface area contributed by atoms with E-state index in [0.29, 0.717) is 0 Å². The van der Waals surface area contributed by atoms with E-state index in [9.17, 15) is 14.1 Å². The summed E-state index contributed by atoms with van der Waals surface area (Å²) >= 11 is -6.83. The van der Waals surface area contributed by atoms with Gasteiger partial charge in [0.15, 0.2) is 0 Å². The highest BCUT2D eigenvalue weighted by molar-refractivity contribution is 6.50. The van der Waals surface area contributed by atoms with E-state index < -0.39 is 14.9 Å². The molecule has 0 saturated heterocycles. The molecule has 14 heavy (non-hydrogen) atoms. The maximum atomic E-state index is 9.85. The minimum Gasteiger partial charge on any atom is -0.510 e. The Morgan fingerprint density at radius 2 is 1.79 bits per heavy atom. The molecule has 0 radical (unpaired) electrons. The van der Waals surface area contributed by atoms with E-state index in [1.54, 1.807) is 0 Å². The number of halogens is 4. The number of rotatable bonds is 1. The van der Waals surface area contributed by atoms with Gasteiger partial charge in [-0.2, -0.15) is 0 Å². The van der Waals surface area contributed by atoms with E-state index in [1.807, 2.05) is 0 Å². The van der Waals surface area contributed by atoms with Gasteiger partial charge in [0.2, 0.25) is 0 Å². The predicted molar refractivity (Wildman–Crippen MR) is 46.2 cm³/mol. The summed E-state index contributed by atoms with van der Waals surface area (Å²) in [6, 6.07) is 0. The smallest absolute Gasteiger partial charge is 0.510 e. The maximum Gasteiger partial charge on any atom is 1.04 e. The number of nitrogens with zero attached hydrogens (tertiary/aromatic N) is 2. The summed E-state index contributed by atoms with van der Waals surface area (Å²) in [5, 5.41) is 0. The summed E-state index contributed by atoms with van der Waals surface area (Å²) in [4.78, 5) is 0. The molecular formula is C7H13AlF4N2. The molecule has 0 aromatic carbocycles. The topological polar surface area (TPSA) is 8.81 Å². The summed E-state index contributed by atoms with van der Waals surface area (Å²) < 4.78 is 43.7. The van der Waals surface area contributed by atoms with Gasteiger partial charge in [0.05, 0.1) is 13.6 Å². The molecule has 0 aliphatic rings. The summed E-state index contributed by atoms with van der Waals surface area (Å²) in [6.07, 6.45) is 4.16. The van der Waals surface area contributed by atoms with Gasteiger partial charge in [-0.05, 0) is 6.92 Å². The van der Waals surface area contributed by atoms with Crippen LogP contribution in [0.2, 0.25) is 0 Å². The second-order valence-corrected chi connectivity index (χ2v) is 3.73. The highest BCUT2D eigenvalue weighted by Gasteiger charge is 2.41. The molecular weight excluding hydrogens is 215 g/mol. The lowest BCUT2D eigenvalue weighted by Gasteiger charge is -1.90. The maximum absolute atomic E-state index is 9.85. The van der Waals surface area contributed by atoms with Crippen LogP contribution in [-0.2, 0) is 13.6 Å². The van der Waals surface area contributed by atoms with Gasteiger partial charge in [0, 0.05) is 6.92 Å². The average Bonchev–Trinajstić information content (AvgIpc) is 2.30. The third kappa shape index (κ3) is 6.00. The fourth-order valence-corrected chi connectivity index (χ4v) is 0.933. The summed E-state index contributed by atoms with van der Waals surface area (Å²) in [7, 11) is 2.06. The summed E-state index contributed by atoms with van der Waals surface area (Å²) in [5.74, 6) is 1.30. The van der Waals surface area contributed by atoms with Gasteiger partial charge >= 0.3 is 14.9 Å². The Bertz CT molecular complexity index is 276. The number of aromatic nitrogens is 2. The van der Waals surface area contributed by atoms with E-state index in [0.717, 1.165) is 6.54 Å². The Morgan fingerprint density at radius 1 is 1.36 bits per heavy atom. The first-order valence-electron chi connectivity index (χ1n) is 4.14. The van der Waals surface area contributed by atoms with Crippen molar-refractivity contribution in [2.45, 2.75) is 20.4 Å². The van der Waals surface area contributed by atoms with Crippen molar-refractivity contribution in [2.24, 2.45) is 7.05 Å². The standard InChI is InChI=1S/C7H13N2.Al.4FH/c1-4-9-6-5-8(3)7(9)2;;;;;/h5-6H,4H2,1-3H3;;4*1H/q+1;+3;;;;/p-4. The molecule has 1 rings (SSSR count). The molecule has 0 atom stereocenters. The highest BCUT2D eigenvalue weighted by atomic mass is 27.5. The van der Waals surface area contributed by atoms with Gasteiger partial charge in [0.1, 0.15) is 12.4 Å². The Labute approximate surface area is 84.4 Å². The van der Waals surface area contributed by atoms with E-state index in [4.69, 9.17) is 0 Å². The fraction of sp³-hybridized carbons (Fsp3) is 0.571. The molecule has 82 valence electrons. The van der Waals surface area contributed by atoms with Crippen molar-refractivity contribution in [3.8, 4) is 0 Å². The van der Waals surface area contributed by atoms with Crippen LogP contribution in [0.5, 0.6) is 0 Å². The van der Waals surface area contributed by atoms with Crippen molar-refractivity contribution in [1.29, 1.82) is 0 Å². The number of hydrogen-bond acceptors (Lipinski definition) is 0. The van der Waals surface area contributed by atoms with E-state index in [2.05, 4.69) is 42.4 Å². The van der Waals surface area contributed by atoms with Crippen molar-refractivity contribution in [1.82, 2.24) is 4.57 Å². The van der Waals surface area contributed by atoms with E-state index in [-0.39, 0.29) is 0 Å². The van der Waals surface area contributed by atoms with E-state index >= 15 is 0 Å². The van der Waals surface area contributed by atoms with Gasteiger partial charge in [0.25, 0.3) is 5.82 Å². The first-order valence-corrected chi connectivity index (χ1v) is 5.89. The Kier molecular flexibility index (Phi) is 5.16. The molecule has 0 bridgehead atoms. The molecule has 0 fully saturated rings. The summed E-state index contributed by atoms with van der Waals surface area (Å²) in [6.45, 7) is 5.32. The lowest BCUT2D eigenvalue weighted by molar-refractivity contribution is -0.699. The fourth-order valence-electron chi connectivity index (χ4n) is 0.933. The Hall–Kier alpha value is -0.538. The van der Waals surface area contributed by atoms with Crippen molar-refractivity contribution in [3.05, 3.63) is 18.2 Å². The molecule has 1 aromatic rings. The molecule has 0 aliphatic heterocycles. The molecule has 0 aliphatic carbocycles. The molecule has 2 nitrogen and oxygen atoms in total. The molecule has 0 amide bonds. The van der Waals surface area contributed by atoms with Crippen LogP contribution in [0.25, 0.3) is 0 Å². The van der Waals surface area contributed by atoms with Gasteiger partial charge in [-0.1, -0.05) is 0 Å². The number of aryl methyl sites for hydroxylation is 2. The van der Waals surface area contributed by atoms with Crippen LogP contribution in [0.4, 0.5) is 14.1 Å². The quantitative estimate of drug-likeness (QED) is 0.394. The normalized spacial score (nSPS) is 10.8. The number of hydrogen-bond donors (Lipinski definition) is 0. The predicted octanol–water partition coefficient (Wildman–Crippen LogP) is 1.94. The van der Waals surface area contributed by atoms with Crippen molar-refractivity contribution < 1.29 is 18.7 Å². The van der Waals surface area contributed by atoms with Crippen LogP contribution in [0, 0.1) is 6.92 Å². The molecule has 0 saturated carbocycles. The molecule has 7 heteroatoms. The van der Waals surface area contributed by atoms with Crippen LogP contribution >= 0.6 is 0 Å². The zero-order chi connectivity index (χ0) is 11.4. The zero-order valence-electron chi connectivity index (χ0n) is 8.35. The lowest BCUT2D eigenvalue weighted by atomic mass is 10.6. The van der Waals surface area contributed by atoms with Crippen LogP contribution in [0.3, 0.4) is 0 Å². The average molecular weight is 228 g/mol. The zero-order valence-corrected chi connectivity index (χ0v) is 9.50. The SMILES string of the molecule is CC[n+]1ccn(C)c1C.[F][Al-]([F])([F])[F]. The van der Waals surface area contributed by atoms with Crippen LogP contribution in [-0.4, -0.2) is 19.5 Å². The highest BCUT2D eigenvalue weighted by Crippen LogP contribution is 2.06. The third-order valence-corrected chi connectivity index (χ3v) is 1.74. The minimum atomic E-state index is -6.83. The molecule has 0 N–H and O–H groups in total. The number of imidazole rings is 1. The molecule has 1 aromatic heterocycles. The monoisotopic (exact) mass is 228 g/mol. The largest absolute Gasteiger partial charge is 1.04 e. The van der Waals surface area contributed by atoms with Crippen LogP contribution in [0.1, 0.15) is 12.7 Å². The molecule has 0 unspecified atom stereocenters. The van der Waals surface area contributed by atoms with Crippen LogP contribution in [0.15, 0.2) is 12.4 Å². The summed E-state index contributed by atoms with van der Waals surface area (Å²) in [5.41, 5.74) is 0. The van der Waals surface area contributed by atoms with Crippen molar-refractivity contribution in [3.63, 3.8) is 0 Å². The van der Waals surface area contributed by atoms with Crippen molar-refractivity contribution >= 4 is 14.9 Å². The van der Waals surface area contributed by atoms with Gasteiger partial charge < -0.3 is 14.1 Å². The van der Waals surface area contributed by atoms with Gasteiger partial charge in [-0.25, -0.2) is 9.13 Å². The Morgan fingerprint density at radius 3 is 1.93 bits per heavy atom. The van der Waals surface area contributed by atoms with Crippen LogP contribution < -0.4 is 4.57 Å². The minimum absolute atomic E-state index is 1.06. The van der Waals surface area contributed by atoms with Gasteiger partial charge in [-0.3, -0.25) is 0 Å². The van der Waals surface area contributed by atoms with Crippen molar-refractivity contribution in [2.75, 3.05) is 0 Å². The second kappa shape index (κ2) is 5.37.